The molecule has 0 saturated carbocycles. The zero-order valence-corrected chi connectivity index (χ0v) is 22.4. The average molecular weight is 501 g/mol. The molecule has 7 nitrogen and oxygen atoms in total. The zero-order valence-electron chi connectivity index (χ0n) is 21.4. The van der Waals surface area contributed by atoms with Crippen LogP contribution in [0.25, 0.3) is 44.6 Å². The van der Waals surface area contributed by atoms with Crippen LogP contribution in [0, 0.1) is 6.92 Å². The van der Waals surface area contributed by atoms with Crippen molar-refractivity contribution in [3.63, 3.8) is 0 Å². The smallest absolute Gasteiger partial charge is 0.159 e. The molecule has 5 rings (SSSR count). The summed E-state index contributed by atoms with van der Waals surface area (Å²) in [6, 6.07) is 18.8. The highest BCUT2D eigenvalue weighted by atomic mass is 28.3. The van der Waals surface area contributed by atoms with Crippen LogP contribution in [0.5, 0.6) is 11.5 Å². The molecule has 0 atom stereocenters. The third-order valence-electron chi connectivity index (χ3n) is 6.49. The maximum atomic E-state index is 10.3. The molecule has 36 heavy (non-hydrogen) atoms. The van der Waals surface area contributed by atoms with E-state index in [-0.39, 0.29) is 5.75 Å². The zero-order chi connectivity index (χ0) is 25.4. The van der Waals surface area contributed by atoms with Crippen molar-refractivity contribution in [3.05, 3.63) is 60.2 Å². The number of ether oxygens (including phenoxy) is 2. The second-order valence-electron chi connectivity index (χ2n) is 10.3. The molecule has 0 radical (unpaired) electrons. The van der Waals surface area contributed by atoms with Crippen molar-refractivity contribution in [2.45, 2.75) is 39.3 Å². The number of H-pyrrole nitrogens is 1. The van der Waals surface area contributed by atoms with Crippen molar-refractivity contribution in [2.75, 3.05) is 13.7 Å². The molecule has 0 bridgehead atoms. The SMILES string of the molecule is COc1cccc(-c2ccc3c(c2)c(-c2nc4c(O)cccc4[nH]2)nn3COCC[Si](C)(C)C)c1C. The summed E-state index contributed by atoms with van der Waals surface area (Å²) in [5.74, 6) is 1.60. The summed E-state index contributed by atoms with van der Waals surface area (Å²) < 4.78 is 13.5. The number of imidazole rings is 1. The van der Waals surface area contributed by atoms with E-state index in [1.165, 1.54) is 0 Å². The first-order valence-corrected chi connectivity index (χ1v) is 15.9. The molecule has 0 aliphatic carbocycles. The molecule has 186 valence electrons. The van der Waals surface area contributed by atoms with E-state index in [1.807, 2.05) is 22.9 Å². The molecule has 0 amide bonds. The van der Waals surface area contributed by atoms with Crippen LogP contribution in [0.4, 0.5) is 0 Å². The topological polar surface area (TPSA) is 85.2 Å². The number of methoxy groups -OCH3 is 1. The highest BCUT2D eigenvalue weighted by Crippen LogP contribution is 2.35. The van der Waals surface area contributed by atoms with Gasteiger partial charge in [0.05, 0.1) is 18.1 Å². The van der Waals surface area contributed by atoms with Gasteiger partial charge in [-0.3, -0.25) is 0 Å². The van der Waals surface area contributed by atoms with Crippen molar-refractivity contribution in [1.29, 1.82) is 0 Å². The third-order valence-corrected chi connectivity index (χ3v) is 8.20. The molecular formula is C28H32N4O3Si. The Morgan fingerprint density at radius 2 is 1.86 bits per heavy atom. The van der Waals surface area contributed by atoms with E-state index >= 15 is 0 Å². The number of fused-ring (bicyclic) bond motifs is 2. The third kappa shape index (κ3) is 4.61. The monoisotopic (exact) mass is 500 g/mol. The number of hydrogen-bond donors (Lipinski definition) is 2. The summed E-state index contributed by atoms with van der Waals surface area (Å²) in [4.78, 5) is 8.02. The van der Waals surface area contributed by atoms with E-state index in [1.54, 1.807) is 19.2 Å². The summed E-state index contributed by atoms with van der Waals surface area (Å²) in [5.41, 5.74) is 6.22. The number of nitrogens with zero attached hydrogens (tertiary/aromatic N) is 3. The van der Waals surface area contributed by atoms with Crippen molar-refractivity contribution < 1.29 is 14.6 Å². The predicted octanol–water partition coefficient (Wildman–Crippen LogP) is 6.58. The van der Waals surface area contributed by atoms with Crippen molar-refractivity contribution in [3.8, 4) is 34.1 Å². The largest absolute Gasteiger partial charge is 0.506 e. The van der Waals surface area contributed by atoms with Crippen LogP contribution in [-0.2, 0) is 11.5 Å². The summed E-state index contributed by atoms with van der Waals surface area (Å²) in [6.45, 7) is 10.2. The quantitative estimate of drug-likeness (QED) is 0.186. The fourth-order valence-corrected chi connectivity index (χ4v) is 5.18. The Kier molecular flexibility index (Phi) is 6.32. The minimum atomic E-state index is -1.18. The number of aromatic nitrogens is 4. The Labute approximate surface area is 211 Å². The van der Waals surface area contributed by atoms with E-state index in [2.05, 4.69) is 60.8 Å². The molecular weight excluding hydrogens is 468 g/mol. The van der Waals surface area contributed by atoms with Gasteiger partial charge in [0.15, 0.2) is 5.82 Å². The van der Waals surface area contributed by atoms with Crippen LogP contribution < -0.4 is 4.74 Å². The number of hydrogen-bond acceptors (Lipinski definition) is 5. The number of rotatable bonds is 8. The molecule has 0 fully saturated rings. The van der Waals surface area contributed by atoms with Gasteiger partial charge in [0.25, 0.3) is 0 Å². The number of para-hydroxylation sites is 1. The van der Waals surface area contributed by atoms with Gasteiger partial charge in [0.1, 0.15) is 29.4 Å². The fourth-order valence-electron chi connectivity index (χ4n) is 4.43. The Balaban J connectivity index is 1.61. The lowest BCUT2D eigenvalue weighted by Crippen LogP contribution is -2.22. The summed E-state index contributed by atoms with van der Waals surface area (Å²) >= 11 is 0. The molecule has 2 heterocycles. The Bertz CT molecular complexity index is 1550. The van der Waals surface area contributed by atoms with E-state index in [0.29, 0.717) is 24.7 Å². The summed E-state index contributed by atoms with van der Waals surface area (Å²) in [7, 11) is 0.508. The standard InChI is InChI=1S/C28H32N4O3Si/c1-18-20(8-6-11-25(18)34-2)19-12-13-23-21(16-19)26(31-32(23)17-35-14-15-36(3,4)5)28-29-22-9-7-10-24(33)27(22)30-28/h6-13,16,33H,14-15,17H2,1-5H3,(H,29,30). The lowest BCUT2D eigenvalue weighted by molar-refractivity contribution is 0.0818. The maximum Gasteiger partial charge on any atom is 0.159 e. The molecule has 0 unspecified atom stereocenters. The second kappa shape index (κ2) is 9.44. The Hall–Kier alpha value is -3.62. The van der Waals surface area contributed by atoms with Crippen molar-refractivity contribution >= 4 is 30.0 Å². The predicted molar refractivity (Wildman–Crippen MR) is 147 cm³/mol. The van der Waals surface area contributed by atoms with E-state index in [0.717, 1.165) is 50.6 Å². The Morgan fingerprint density at radius 1 is 1.06 bits per heavy atom. The molecule has 0 spiro atoms. The lowest BCUT2D eigenvalue weighted by atomic mass is 9.98. The van der Waals surface area contributed by atoms with Gasteiger partial charge >= 0.3 is 0 Å². The highest BCUT2D eigenvalue weighted by molar-refractivity contribution is 6.76. The second-order valence-corrected chi connectivity index (χ2v) is 15.9. The fraction of sp³-hybridized carbons (Fsp3) is 0.286. The molecule has 8 heteroatoms. The first-order valence-electron chi connectivity index (χ1n) is 12.2. The van der Waals surface area contributed by atoms with Crippen molar-refractivity contribution in [2.24, 2.45) is 0 Å². The van der Waals surface area contributed by atoms with Crippen LogP contribution in [-0.4, -0.2) is 46.6 Å². The number of phenols is 1. The molecule has 2 aromatic heterocycles. The average Bonchev–Trinajstić information content (AvgIpc) is 3.43. The molecule has 3 aromatic carbocycles. The molecule has 0 saturated heterocycles. The van der Waals surface area contributed by atoms with Crippen LogP contribution >= 0.6 is 0 Å². The lowest BCUT2D eigenvalue weighted by Gasteiger charge is -2.15. The first kappa shape index (κ1) is 24.1. The van der Waals surface area contributed by atoms with Gasteiger partial charge < -0.3 is 19.6 Å². The van der Waals surface area contributed by atoms with Crippen LogP contribution in [0.1, 0.15) is 5.56 Å². The molecule has 2 N–H and O–H groups in total. The minimum absolute atomic E-state index is 0.140. The van der Waals surface area contributed by atoms with Gasteiger partial charge in [-0.1, -0.05) is 43.9 Å². The first-order chi connectivity index (χ1) is 17.2. The number of aromatic amines is 1. The molecule has 5 aromatic rings. The molecule has 0 aliphatic heterocycles. The highest BCUT2D eigenvalue weighted by Gasteiger charge is 2.19. The van der Waals surface area contributed by atoms with Crippen molar-refractivity contribution in [1.82, 2.24) is 19.7 Å². The number of nitrogens with one attached hydrogen (secondary N) is 1. The van der Waals surface area contributed by atoms with Gasteiger partial charge in [-0.15, -0.1) is 0 Å². The normalized spacial score (nSPS) is 12.0. The van der Waals surface area contributed by atoms with E-state index in [4.69, 9.17) is 14.6 Å². The summed E-state index contributed by atoms with van der Waals surface area (Å²) in [5, 5.41) is 16.2. The minimum Gasteiger partial charge on any atom is -0.506 e. The number of benzene rings is 3. The van der Waals surface area contributed by atoms with Gasteiger partial charge in [-0.2, -0.15) is 5.10 Å². The number of phenolic OH excluding ortho intramolecular Hbond substituents is 1. The van der Waals surface area contributed by atoms with E-state index < -0.39 is 8.07 Å². The van der Waals surface area contributed by atoms with Gasteiger partial charge in [0.2, 0.25) is 0 Å². The van der Waals surface area contributed by atoms with Crippen LogP contribution in [0.2, 0.25) is 25.7 Å². The van der Waals surface area contributed by atoms with Gasteiger partial charge in [-0.05, 0) is 60.0 Å². The summed E-state index contributed by atoms with van der Waals surface area (Å²) in [6.07, 6.45) is 0. The van der Waals surface area contributed by atoms with Crippen LogP contribution in [0.15, 0.2) is 54.6 Å². The molecule has 0 aliphatic rings. The number of aromatic hydroxyl groups is 1. The van der Waals surface area contributed by atoms with E-state index in [9.17, 15) is 5.11 Å². The maximum absolute atomic E-state index is 10.3. The Morgan fingerprint density at radius 3 is 2.61 bits per heavy atom. The van der Waals surface area contributed by atoms with Gasteiger partial charge in [0, 0.05) is 20.1 Å². The van der Waals surface area contributed by atoms with Crippen LogP contribution in [0.3, 0.4) is 0 Å². The van der Waals surface area contributed by atoms with Gasteiger partial charge in [-0.25, -0.2) is 9.67 Å².